The van der Waals surface area contributed by atoms with Gasteiger partial charge in [0.1, 0.15) is 0 Å². The predicted octanol–water partition coefficient (Wildman–Crippen LogP) is 2.15. The Morgan fingerprint density at radius 3 is 2.33 bits per heavy atom. The van der Waals surface area contributed by atoms with Gasteiger partial charge in [0.05, 0.1) is 12.3 Å². The van der Waals surface area contributed by atoms with E-state index in [0.717, 1.165) is 35.8 Å². The largest absolute Gasteiger partial charge is 0.341 e. The van der Waals surface area contributed by atoms with Gasteiger partial charge in [-0.25, -0.2) is 0 Å². The second-order valence-electron chi connectivity index (χ2n) is 6.00. The van der Waals surface area contributed by atoms with Crippen molar-refractivity contribution in [2.45, 2.75) is 26.3 Å². The van der Waals surface area contributed by atoms with E-state index in [1.54, 1.807) is 0 Å². The standard InChI is InChI=1S/C17H25N3O2S.ClH/c1-12(13(2)18)17(22)19-15-5-3-14(4-6-15)11-16(21)20-7-9-23-10-8-20;/h3-6,12-13H,7-11,18H2,1-2H3,(H,19,22);1H. The highest BCUT2D eigenvalue weighted by atomic mass is 35.5. The summed E-state index contributed by atoms with van der Waals surface area (Å²) in [6.45, 7) is 5.31. The van der Waals surface area contributed by atoms with E-state index in [9.17, 15) is 9.59 Å². The summed E-state index contributed by atoms with van der Waals surface area (Å²) in [5.74, 6) is 1.89. The lowest BCUT2D eigenvalue weighted by Gasteiger charge is -2.26. The topological polar surface area (TPSA) is 75.4 Å². The Hall–Kier alpha value is -1.24. The second kappa shape index (κ2) is 9.91. The Balaban J connectivity index is 0.00000288. The summed E-state index contributed by atoms with van der Waals surface area (Å²) in [7, 11) is 0. The van der Waals surface area contributed by atoms with Gasteiger partial charge in [-0.2, -0.15) is 11.8 Å². The third-order valence-electron chi connectivity index (χ3n) is 4.14. The van der Waals surface area contributed by atoms with Crippen LogP contribution in [0.5, 0.6) is 0 Å². The minimum absolute atomic E-state index is 0. The van der Waals surface area contributed by atoms with E-state index in [1.165, 1.54) is 0 Å². The molecule has 0 aliphatic carbocycles. The number of nitrogens with zero attached hydrogens (tertiary/aromatic N) is 1. The van der Waals surface area contributed by atoms with Gasteiger partial charge in [-0.3, -0.25) is 9.59 Å². The van der Waals surface area contributed by atoms with Crippen LogP contribution in [-0.4, -0.2) is 47.4 Å². The van der Waals surface area contributed by atoms with Crippen LogP contribution in [0.15, 0.2) is 24.3 Å². The number of carbonyl (C=O) groups is 2. The third-order valence-corrected chi connectivity index (χ3v) is 5.09. The van der Waals surface area contributed by atoms with Crippen LogP contribution in [0.25, 0.3) is 0 Å². The second-order valence-corrected chi connectivity index (χ2v) is 7.23. The van der Waals surface area contributed by atoms with Crippen molar-refractivity contribution in [1.29, 1.82) is 0 Å². The van der Waals surface area contributed by atoms with Crippen LogP contribution in [0, 0.1) is 5.92 Å². The summed E-state index contributed by atoms with van der Waals surface area (Å²) in [5.41, 5.74) is 7.43. The zero-order valence-electron chi connectivity index (χ0n) is 14.2. The average Bonchev–Trinajstić information content (AvgIpc) is 2.56. The Morgan fingerprint density at radius 1 is 1.21 bits per heavy atom. The summed E-state index contributed by atoms with van der Waals surface area (Å²) in [5, 5.41) is 2.85. The van der Waals surface area contributed by atoms with Crippen LogP contribution in [-0.2, 0) is 16.0 Å². The van der Waals surface area contributed by atoms with Crippen molar-refractivity contribution in [3.8, 4) is 0 Å². The molecule has 1 aromatic carbocycles. The molecule has 0 saturated carbocycles. The molecule has 0 radical (unpaired) electrons. The summed E-state index contributed by atoms with van der Waals surface area (Å²) in [6, 6.07) is 7.27. The van der Waals surface area contributed by atoms with Gasteiger partial charge in [0.15, 0.2) is 0 Å². The molecular weight excluding hydrogens is 346 g/mol. The molecule has 0 aromatic heterocycles. The molecule has 1 saturated heterocycles. The third kappa shape index (κ3) is 6.00. The lowest BCUT2D eigenvalue weighted by Crippen LogP contribution is -2.38. The van der Waals surface area contributed by atoms with E-state index in [2.05, 4.69) is 5.32 Å². The number of carbonyl (C=O) groups excluding carboxylic acids is 2. The lowest BCUT2D eigenvalue weighted by molar-refractivity contribution is -0.130. The normalized spacial score (nSPS) is 16.7. The highest BCUT2D eigenvalue weighted by molar-refractivity contribution is 7.99. The van der Waals surface area contributed by atoms with Crippen LogP contribution in [0.4, 0.5) is 5.69 Å². The van der Waals surface area contributed by atoms with Crippen molar-refractivity contribution in [3.63, 3.8) is 0 Å². The molecule has 2 amide bonds. The molecule has 2 rings (SSSR count). The quantitative estimate of drug-likeness (QED) is 0.831. The Morgan fingerprint density at radius 2 is 1.79 bits per heavy atom. The van der Waals surface area contributed by atoms with E-state index in [4.69, 9.17) is 5.73 Å². The average molecular weight is 372 g/mol. The van der Waals surface area contributed by atoms with Crippen LogP contribution >= 0.6 is 24.2 Å². The summed E-state index contributed by atoms with van der Waals surface area (Å²) >= 11 is 1.89. The number of hydrogen-bond acceptors (Lipinski definition) is 4. The molecule has 5 nitrogen and oxygen atoms in total. The monoisotopic (exact) mass is 371 g/mol. The van der Waals surface area contributed by atoms with Crippen LogP contribution in [0.2, 0.25) is 0 Å². The lowest BCUT2D eigenvalue weighted by atomic mass is 10.0. The van der Waals surface area contributed by atoms with Crippen molar-refractivity contribution in [2.24, 2.45) is 11.7 Å². The first-order chi connectivity index (χ1) is 11.0. The van der Waals surface area contributed by atoms with Gasteiger partial charge in [0.25, 0.3) is 0 Å². The van der Waals surface area contributed by atoms with E-state index in [0.29, 0.717) is 6.42 Å². The molecule has 3 N–H and O–H groups in total. The van der Waals surface area contributed by atoms with Gasteiger partial charge < -0.3 is 16.0 Å². The highest BCUT2D eigenvalue weighted by Gasteiger charge is 2.18. The van der Waals surface area contributed by atoms with E-state index >= 15 is 0 Å². The molecule has 1 aliphatic rings. The van der Waals surface area contributed by atoms with Crippen LogP contribution in [0.1, 0.15) is 19.4 Å². The number of amides is 2. The minimum atomic E-state index is -0.242. The summed E-state index contributed by atoms with van der Waals surface area (Å²) < 4.78 is 0. The molecule has 1 aliphatic heterocycles. The number of halogens is 1. The summed E-state index contributed by atoms with van der Waals surface area (Å²) in [6.07, 6.45) is 0.412. The number of rotatable bonds is 5. The van der Waals surface area contributed by atoms with Gasteiger partial charge in [-0.15, -0.1) is 12.4 Å². The Kier molecular flexibility index (Phi) is 8.59. The van der Waals surface area contributed by atoms with Gasteiger partial charge in [0.2, 0.25) is 11.8 Å². The zero-order chi connectivity index (χ0) is 16.8. The van der Waals surface area contributed by atoms with E-state index in [-0.39, 0.29) is 36.2 Å². The summed E-state index contributed by atoms with van der Waals surface area (Å²) in [4.78, 5) is 26.1. The fraction of sp³-hybridized carbons (Fsp3) is 0.529. The molecule has 24 heavy (non-hydrogen) atoms. The maximum atomic E-state index is 12.2. The van der Waals surface area contributed by atoms with Gasteiger partial charge in [0, 0.05) is 36.3 Å². The maximum Gasteiger partial charge on any atom is 0.228 e. The molecule has 1 aromatic rings. The Labute approximate surface area is 154 Å². The fourth-order valence-corrected chi connectivity index (χ4v) is 3.20. The predicted molar refractivity (Wildman–Crippen MR) is 103 cm³/mol. The van der Waals surface area contributed by atoms with E-state index in [1.807, 2.05) is 54.8 Å². The van der Waals surface area contributed by atoms with Gasteiger partial charge in [-0.05, 0) is 24.6 Å². The number of benzene rings is 1. The maximum absolute atomic E-state index is 12.2. The number of anilines is 1. The molecule has 0 spiro atoms. The smallest absolute Gasteiger partial charge is 0.228 e. The first-order valence-electron chi connectivity index (χ1n) is 7.98. The minimum Gasteiger partial charge on any atom is -0.341 e. The molecule has 7 heteroatoms. The van der Waals surface area contributed by atoms with Crippen molar-refractivity contribution < 1.29 is 9.59 Å². The van der Waals surface area contributed by atoms with Crippen molar-refractivity contribution in [1.82, 2.24) is 4.90 Å². The first kappa shape index (κ1) is 20.8. The van der Waals surface area contributed by atoms with Crippen molar-refractivity contribution >= 4 is 41.7 Å². The van der Waals surface area contributed by atoms with Crippen molar-refractivity contribution in [2.75, 3.05) is 29.9 Å². The number of nitrogens with one attached hydrogen (secondary N) is 1. The number of hydrogen-bond donors (Lipinski definition) is 2. The van der Waals surface area contributed by atoms with Crippen LogP contribution < -0.4 is 11.1 Å². The van der Waals surface area contributed by atoms with E-state index < -0.39 is 0 Å². The molecular formula is C17H26ClN3O2S. The van der Waals surface area contributed by atoms with Gasteiger partial charge in [-0.1, -0.05) is 19.1 Å². The number of nitrogens with two attached hydrogens (primary N) is 1. The highest BCUT2D eigenvalue weighted by Crippen LogP contribution is 2.15. The molecule has 2 unspecified atom stereocenters. The molecule has 2 atom stereocenters. The Bertz CT molecular complexity index is 545. The molecule has 1 heterocycles. The zero-order valence-corrected chi connectivity index (χ0v) is 15.8. The van der Waals surface area contributed by atoms with Crippen LogP contribution in [0.3, 0.4) is 0 Å². The first-order valence-corrected chi connectivity index (χ1v) is 9.13. The molecule has 1 fully saturated rings. The molecule has 134 valence electrons. The van der Waals surface area contributed by atoms with Crippen molar-refractivity contribution in [3.05, 3.63) is 29.8 Å². The fourth-order valence-electron chi connectivity index (χ4n) is 2.30. The van der Waals surface area contributed by atoms with Gasteiger partial charge >= 0.3 is 0 Å². The number of thioether (sulfide) groups is 1. The molecule has 0 bridgehead atoms. The SMILES string of the molecule is CC(N)C(C)C(=O)Nc1ccc(CC(=O)N2CCSCC2)cc1.Cl.